The van der Waals surface area contributed by atoms with Gasteiger partial charge in [-0.1, -0.05) is 11.6 Å². The van der Waals surface area contributed by atoms with Gasteiger partial charge in [-0.15, -0.1) is 0 Å². The number of carbonyl (C=O) groups excluding carboxylic acids is 1. The number of hydrogen-bond donors (Lipinski definition) is 2. The molecule has 1 amide bonds. The quantitative estimate of drug-likeness (QED) is 0.794. The summed E-state index contributed by atoms with van der Waals surface area (Å²) in [5.41, 5.74) is 5.89. The Kier molecular flexibility index (Phi) is 4.95. The Bertz CT molecular complexity index is 570. The number of imidazole rings is 1. The molecule has 2 rings (SSSR count). The van der Waals surface area contributed by atoms with Crippen molar-refractivity contribution in [1.82, 2.24) is 19.9 Å². The van der Waals surface area contributed by atoms with Crippen molar-refractivity contribution in [2.75, 3.05) is 12.3 Å². The predicted octanol–water partition coefficient (Wildman–Crippen LogP) is 1.72. The zero-order valence-corrected chi connectivity index (χ0v) is 11.7. The summed E-state index contributed by atoms with van der Waals surface area (Å²) >= 11 is 5.91. The lowest BCUT2D eigenvalue weighted by Crippen LogP contribution is -2.25. The van der Waals surface area contributed by atoms with Crippen molar-refractivity contribution >= 4 is 23.3 Å². The van der Waals surface area contributed by atoms with Crippen molar-refractivity contribution in [1.29, 1.82) is 0 Å². The summed E-state index contributed by atoms with van der Waals surface area (Å²) in [6.07, 6.45) is 8.66. The van der Waals surface area contributed by atoms with E-state index in [0.29, 0.717) is 17.1 Å². The highest BCUT2D eigenvalue weighted by atomic mass is 35.5. The maximum atomic E-state index is 11.9. The summed E-state index contributed by atoms with van der Waals surface area (Å²) < 4.78 is 2.00. The third-order valence-corrected chi connectivity index (χ3v) is 3.11. The van der Waals surface area contributed by atoms with Gasteiger partial charge in [-0.2, -0.15) is 0 Å². The van der Waals surface area contributed by atoms with Crippen LogP contribution >= 0.6 is 11.6 Å². The molecule has 0 aliphatic carbocycles. The summed E-state index contributed by atoms with van der Waals surface area (Å²) in [4.78, 5) is 19.7. The number of unbranched alkanes of at least 4 members (excludes halogenated alkanes) is 1. The van der Waals surface area contributed by atoms with Crippen molar-refractivity contribution in [3.8, 4) is 0 Å². The molecule has 0 bridgehead atoms. The summed E-state index contributed by atoms with van der Waals surface area (Å²) in [5.74, 6) is 0.0476. The number of aryl methyl sites for hydroxylation is 1. The highest BCUT2D eigenvalue weighted by Crippen LogP contribution is 2.16. The van der Waals surface area contributed by atoms with Gasteiger partial charge in [-0.3, -0.25) is 4.79 Å². The van der Waals surface area contributed by atoms with E-state index in [1.807, 2.05) is 10.8 Å². The summed E-state index contributed by atoms with van der Waals surface area (Å²) in [5, 5.41) is 3.12. The number of amides is 1. The minimum atomic E-state index is -0.230. The molecule has 2 aromatic rings. The monoisotopic (exact) mass is 293 g/mol. The zero-order valence-electron chi connectivity index (χ0n) is 10.9. The first-order valence-corrected chi connectivity index (χ1v) is 6.69. The highest BCUT2D eigenvalue weighted by molar-refractivity contribution is 6.33. The molecule has 0 radical (unpaired) electrons. The Labute approximate surface area is 122 Å². The topological polar surface area (TPSA) is 85.8 Å². The lowest BCUT2D eigenvalue weighted by Gasteiger charge is -2.07. The molecule has 0 aliphatic heterocycles. The van der Waals surface area contributed by atoms with Gasteiger partial charge in [0, 0.05) is 31.7 Å². The molecule has 0 atom stereocenters. The van der Waals surface area contributed by atoms with Gasteiger partial charge in [-0.25, -0.2) is 9.97 Å². The Hall–Kier alpha value is -2.08. The van der Waals surface area contributed by atoms with Gasteiger partial charge in [0.25, 0.3) is 5.91 Å². The molecule has 3 N–H and O–H groups in total. The third kappa shape index (κ3) is 3.96. The average molecular weight is 294 g/mol. The molecule has 6 nitrogen and oxygen atoms in total. The second-order valence-electron chi connectivity index (χ2n) is 4.35. The Morgan fingerprint density at radius 3 is 3.05 bits per heavy atom. The van der Waals surface area contributed by atoms with Crippen LogP contribution in [0.4, 0.5) is 5.82 Å². The molecule has 0 aromatic carbocycles. The van der Waals surface area contributed by atoms with E-state index in [-0.39, 0.29) is 11.7 Å². The number of halogens is 1. The fraction of sp³-hybridized carbons (Fsp3) is 0.308. The minimum Gasteiger partial charge on any atom is -0.384 e. The Balaban J connectivity index is 1.73. The van der Waals surface area contributed by atoms with E-state index < -0.39 is 0 Å². The molecule has 0 unspecified atom stereocenters. The first kappa shape index (κ1) is 14.3. The van der Waals surface area contributed by atoms with Gasteiger partial charge in [0.2, 0.25) is 0 Å². The van der Waals surface area contributed by atoms with Crippen LogP contribution < -0.4 is 11.1 Å². The van der Waals surface area contributed by atoms with Crippen LogP contribution in [0.2, 0.25) is 5.02 Å². The number of rotatable bonds is 6. The van der Waals surface area contributed by atoms with Gasteiger partial charge in [0.15, 0.2) is 0 Å². The van der Waals surface area contributed by atoms with Crippen LogP contribution in [0, 0.1) is 0 Å². The molecule has 20 heavy (non-hydrogen) atoms. The van der Waals surface area contributed by atoms with E-state index in [9.17, 15) is 4.79 Å². The number of aromatic nitrogens is 3. The lowest BCUT2D eigenvalue weighted by atomic mass is 10.2. The van der Waals surface area contributed by atoms with E-state index in [0.717, 1.165) is 19.4 Å². The molecule has 2 heterocycles. The van der Waals surface area contributed by atoms with Crippen LogP contribution in [0.1, 0.15) is 23.2 Å². The van der Waals surface area contributed by atoms with E-state index >= 15 is 0 Å². The van der Waals surface area contributed by atoms with Crippen molar-refractivity contribution in [2.45, 2.75) is 19.4 Å². The van der Waals surface area contributed by atoms with Crippen molar-refractivity contribution in [2.24, 2.45) is 0 Å². The maximum Gasteiger partial charge on any atom is 0.252 e. The van der Waals surface area contributed by atoms with E-state index in [4.69, 9.17) is 17.3 Å². The first-order chi connectivity index (χ1) is 9.66. The van der Waals surface area contributed by atoms with Gasteiger partial charge in [0.1, 0.15) is 5.82 Å². The van der Waals surface area contributed by atoms with Crippen molar-refractivity contribution < 1.29 is 4.79 Å². The second-order valence-corrected chi connectivity index (χ2v) is 4.76. The average Bonchev–Trinajstić information content (AvgIpc) is 2.94. The van der Waals surface area contributed by atoms with Gasteiger partial charge in [-0.05, 0) is 18.9 Å². The SMILES string of the molecule is Nc1cc(C(=O)NCCCCn2ccnc2)c(Cl)cn1. The maximum absolute atomic E-state index is 11.9. The molecule has 0 fully saturated rings. The fourth-order valence-corrected chi connectivity index (χ4v) is 1.95. The molecule has 106 valence electrons. The highest BCUT2D eigenvalue weighted by Gasteiger charge is 2.10. The number of hydrogen-bond acceptors (Lipinski definition) is 4. The smallest absolute Gasteiger partial charge is 0.252 e. The van der Waals surface area contributed by atoms with E-state index in [1.165, 1.54) is 12.3 Å². The molecule has 0 saturated carbocycles. The number of nitrogens with zero attached hydrogens (tertiary/aromatic N) is 3. The molecular formula is C13H16ClN5O. The van der Waals surface area contributed by atoms with Crippen LogP contribution in [0.25, 0.3) is 0 Å². The Morgan fingerprint density at radius 1 is 1.45 bits per heavy atom. The minimum absolute atomic E-state index is 0.230. The Morgan fingerprint density at radius 2 is 2.30 bits per heavy atom. The number of nitrogen functional groups attached to an aromatic ring is 1. The number of carbonyl (C=O) groups is 1. The standard InChI is InChI=1S/C13H16ClN5O/c14-11-8-18-12(15)7-10(11)13(20)17-3-1-2-5-19-6-4-16-9-19/h4,6-9H,1-3,5H2,(H2,15,18)(H,17,20). The second kappa shape index (κ2) is 6.91. The number of nitrogens with two attached hydrogens (primary N) is 1. The van der Waals surface area contributed by atoms with Gasteiger partial charge < -0.3 is 15.6 Å². The molecule has 7 heteroatoms. The first-order valence-electron chi connectivity index (χ1n) is 6.32. The van der Waals surface area contributed by atoms with Crippen molar-refractivity contribution in [3.05, 3.63) is 41.6 Å². The van der Waals surface area contributed by atoms with E-state index in [1.54, 1.807) is 12.5 Å². The van der Waals surface area contributed by atoms with Gasteiger partial charge >= 0.3 is 0 Å². The zero-order chi connectivity index (χ0) is 14.4. The van der Waals surface area contributed by atoms with Gasteiger partial charge in [0.05, 0.1) is 16.9 Å². The van der Waals surface area contributed by atoms with Crippen LogP contribution in [0.5, 0.6) is 0 Å². The van der Waals surface area contributed by atoms with Crippen LogP contribution in [0.3, 0.4) is 0 Å². The van der Waals surface area contributed by atoms with E-state index in [2.05, 4.69) is 15.3 Å². The normalized spacial score (nSPS) is 10.4. The molecule has 2 aromatic heterocycles. The molecular weight excluding hydrogens is 278 g/mol. The largest absolute Gasteiger partial charge is 0.384 e. The molecule has 0 aliphatic rings. The summed E-state index contributed by atoms with van der Waals surface area (Å²) in [7, 11) is 0. The lowest BCUT2D eigenvalue weighted by molar-refractivity contribution is 0.0953. The summed E-state index contributed by atoms with van der Waals surface area (Å²) in [6.45, 7) is 1.48. The number of pyridine rings is 1. The van der Waals surface area contributed by atoms with Crippen molar-refractivity contribution in [3.63, 3.8) is 0 Å². The fourth-order valence-electron chi connectivity index (χ4n) is 1.76. The predicted molar refractivity (Wildman–Crippen MR) is 77.5 cm³/mol. The molecule has 0 spiro atoms. The van der Waals surface area contributed by atoms with Crippen LogP contribution in [-0.4, -0.2) is 27.0 Å². The number of nitrogens with one attached hydrogen (secondary N) is 1. The number of anilines is 1. The molecule has 0 saturated heterocycles. The summed E-state index contributed by atoms with van der Waals surface area (Å²) in [6, 6.07) is 1.48. The van der Waals surface area contributed by atoms with Crippen LogP contribution in [0.15, 0.2) is 31.0 Å². The van der Waals surface area contributed by atoms with Crippen LogP contribution in [-0.2, 0) is 6.54 Å². The third-order valence-electron chi connectivity index (χ3n) is 2.81.